The lowest BCUT2D eigenvalue weighted by atomic mass is 9.79. The van der Waals surface area contributed by atoms with Crippen LogP contribution in [-0.2, 0) is 23.2 Å². The van der Waals surface area contributed by atoms with E-state index in [1.807, 2.05) is 53.2 Å². The summed E-state index contributed by atoms with van der Waals surface area (Å²) in [5.41, 5.74) is 1.65. The molecule has 9 heteroatoms. The van der Waals surface area contributed by atoms with Gasteiger partial charge in [-0.3, -0.25) is 19.0 Å². The molecule has 0 radical (unpaired) electrons. The van der Waals surface area contributed by atoms with Crippen molar-refractivity contribution in [3.63, 3.8) is 0 Å². The maximum Gasteiger partial charge on any atom is 0.262 e. The number of aliphatic hydroxyl groups is 1. The first kappa shape index (κ1) is 28.5. The quantitative estimate of drug-likeness (QED) is 0.369. The largest absolute Gasteiger partial charge is 0.388 e. The predicted molar refractivity (Wildman–Crippen MR) is 167 cm³/mol. The molecule has 2 aromatic heterocycles. The highest BCUT2D eigenvalue weighted by Gasteiger charge is 2.48. The van der Waals surface area contributed by atoms with Crippen LogP contribution in [0.3, 0.4) is 0 Å². The van der Waals surface area contributed by atoms with Gasteiger partial charge in [0.1, 0.15) is 12.0 Å². The normalized spacial score (nSPS) is 24.8. The monoisotopic (exact) mass is 593 g/mol. The van der Waals surface area contributed by atoms with Gasteiger partial charge in [0.15, 0.2) is 0 Å². The molecule has 0 spiro atoms. The number of aromatic nitrogens is 3. The van der Waals surface area contributed by atoms with E-state index in [1.54, 1.807) is 16.8 Å². The van der Waals surface area contributed by atoms with Crippen molar-refractivity contribution >= 4 is 22.8 Å². The Morgan fingerprint density at radius 3 is 2.18 bits per heavy atom. The molecule has 1 aliphatic carbocycles. The molecular formula is C35H39N5O4. The summed E-state index contributed by atoms with van der Waals surface area (Å²) >= 11 is 0. The summed E-state index contributed by atoms with van der Waals surface area (Å²) in [5, 5.41) is 12.0. The first-order chi connectivity index (χ1) is 21.3. The Hall–Kier alpha value is -4.24. The van der Waals surface area contributed by atoms with Crippen LogP contribution in [0.4, 0.5) is 0 Å². The van der Waals surface area contributed by atoms with Gasteiger partial charge in [0, 0.05) is 57.2 Å². The standard InChI is InChI=1S/C35H39N5O4/c1-37-16-12-27-31(37)36-23-40(33(27)42)22-35(44)14-18-38(19-15-35)32(41)26-13-17-39(21-30(26)25-10-6-3-7-11-25)34(43)29-20-28(29)24-8-4-2-5-9-24/h2-12,16,23,26,28-30,44H,13-15,17-22H2,1H3/t26-,28?,29?,30+/m1/s1. The van der Waals surface area contributed by atoms with E-state index in [2.05, 4.69) is 29.2 Å². The van der Waals surface area contributed by atoms with Gasteiger partial charge in [-0.2, -0.15) is 0 Å². The number of carbonyl (C=O) groups excluding carboxylic acids is 2. The molecule has 2 aliphatic heterocycles. The molecule has 2 aromatic carbocycles. The lowest BCUT2D eigenvalue weighted by Gasteiger charge is -2.43. The first-order valence-corrected chi connectivity index (χ1v) is 15.7. The molecule has 1 saturated carbocycles. The van der Waals surface area contributed by atoms with E-state index >= 15 is 0 Å². The zero-order valence-corrected chi connectivity index (χ0v) is 25.1. The Balaban J connectivity index is 1.02. The van der Waals surface area contributed by atoms with Gasteiger partial charge in [-0.05, 0) is 48.8 Å². The van der Waals surface area contributed by atoms with E-state index in [0.717, 1.165) is 12.0 Å². The highest BCUT2D eigenvalue weighted by molar-refractivity contribution is 5.84. The molecule has 7 rings (SSSR count). The third-order valence-electron chi connectivity index (χ3n) is 10.1. The van der Waals surface area contributed by atoms with E-state index in [-0.39, 0.29) is 47.6 Å². The second-order valence-corrected chi connectivity index (χ2v) is 12.9. The molecule has 4 aromatic rings. The summed E-state index contributed by atoms with van der Waals surface area (Å²) < 4.78 is 3.29. The van der Waals surface area contributed by atoms with Crippen molar-refractivity contribution < 1.29 is 14.7 Å². The van der Waals surface area contributed by atoms with Crippen LogP contribution >= 0.6 is 0 Å². The average Bonchev–Trinajstić information content (AvgIpc) is 3.77. The van der Waals surface area contributed by atoms with E-state index in [0.29, 0.717) is 56.5 Å². The van der Waals surface area contributed by atoms with Crippen molar-refractivity contribution in [1.82, 2.24) is 23.9 Å². The van der Waals surface area contributed by atoms with Crippen molar-refractivity contribution in [2.75, 3.05) is 26.2 Å². The van der Waals surface area contributed by atoms with Crippen LogP contribution in [0, 0.1) is 11.8 Å². The third-order valence-corrected chi connectivity index (χ3v) is 10.1. The molecule has 4 atom stereocenters. The van der Waals surface area contributed by atoms with E-state index in [9.17, 15) is 19.5 Å². The van der Waals surface area contributed by atoms with Crippen molar-refractivity contribution in [3.8, 4) is 0 Å². The number of benzene rings is 2. The lowest BCUT2D eigenvalue weighted by Crippen LogP contribution is -2.53. The Bertz CT molecular complexity index is 1720. The van der Waals surface area contributed by atoms with Crippen molar-refractivity contribution in [2.24, 2.45) is 18.9 Å². The number of likely N-dealkylation sites (tertiary alicyclic amines) is 2. The number of hydrogen-bond acceptors (Lipinski definition) is 5. The smallest absolute Gasteiger partial charge is 0.262 e. The summed E-state index contributed by atoms with van der Waals surface area (Å²) in [7, 11) is 1.85. The van der Waals surface area contributed by atoms with Crippen molar-refractivity contribution in [3.05, 3.63) is 101 Å². The molecule has 3 fully saturated rings. The van der Waals surface area contributed by atoms with Crippen molar-refractivity contribution in [1.29, 1.82) is 0 Å². The number of amides is 2. The number of piperidine rings is 2. The zero-order chi connectivity index (χ0) is 30.4. The van der Waals surface area contributed by atoms with Gasteiger partial charge in [-0.15, -0.1) is 0 Å². The summed E-state index contributed by atoms with van der Waals surface area (Å²) in [6, 6.07) is 22.1. The van der Waals surface area contributed by atoms with Crippen LogP contribution in [-0.4, -0.2) is 72.6 Å². The molecule has 4 heterocycles. The second kappa shape index (κ2) is 11.4. The summed E-state index contributed by atoms with van der Waals surface area (Å²) in [5.74, 6) is 0.276. The molecule has 2 amide bonds. The summed E-state index contributed by atoms with van der Waals surface area (Å²) in [6.07, 6.45) is 5.57. The molecule has 1 N–H and O–H groups in total. The molecule has 0 bridgehead atoms. The minimum atomic E-state index is -1.10. The second-order valence-electron chi connectivity index (χ2n) is 12.9. The minimum absolute atomic E-state index is 0.0196. The Kier molecular flexibility index (Phi) is 7.36. The maximum absolute atomic E-state index is 14.0. The molecular weight excluding hydrogens is 554 g/mol. The van der Waals surface area contributed by atoms with Crippen LogP contribution in [0.15, 0.2) is 84.0 Å². The first-order valence-electron chi connectivity index (χ1n) is 15.7. The number of nitrogens with zero attached hydrogens (tertiary/aromatic N) is 5. The Morgan fingerprint density at radius 1 is 0.864 bits per heavy atom. The van der Waals surface area contributed by atoms with Gasteiger partial charge in [0.2, 0.25) is 11.8 Å². The average molecular weight is 594 g/mol. The topological polar surface area (TPSA) is 101 Å². The lowest BCUT2D eigenvalue weighted by molar-refractivity contribution is -0.145. The molecule has 2 saturated heterocycles. The van der Waals surface area contributed by atoms with Gasteiger partial charge in [0.05, 0.1) is 17.5 Å². The zero-order valence-electron chi connectivity index (χ0n) is 25.1. The Morgan fingerprint density at radius 2 is 1.50 bits per heavy atom. The van der Waals surface area contributed by atoms with Crippen LogP contribution in [0.25, 0.3) is 11.0 Å². The molecule has 3 aliphatic rings. The van der Waals surface area contributed by atoms with Crippen LogP contribution in [0.5, 0.6) is 0 Å². The van der Waals surface area contributed by atoms with Gasteiger partial charge < -0.3 is 19.5 Å². The van der Waals surface area contributed by atoms with E-state index in [1.165, 1.54) is 16.5 Å². The van der Waals surface area contributed by atoms with E-state index < -0.39 is 5.60 Å². The van der Waals surface area contributed by atoms with Crippen molar-refractivity contribution in [2.45, 2.75) is 49.7 Å². The summed E-state index contributed by atoms with van der Waals surface area (Å²) in [6.45, 7) is 2.10. The van der Waals surface area contributed by atoms with Crippen LogP contribution in [0.2, 0.25) is 0 Å². The van der Waals surface area contributed by atoms with Gasteiger partial charge in [0.25, 0.3) is 5.56 Å². The Labute approximate surface area is 256 Å². The SMILES string of the molecule is Cn1ccc2c(=O)n(CC3(O)CCN(C(=O)[C@@H]4CCN(C(=O)C5CC5c5ccccc5)C[C@H]4c4ccccc4)CC3)cnc21. The fraction of sp³-hybridized carbons (Fsp3) is 0.429. The predicted octanol–water partition coefficient (Wildman–Crippen LogP) is 3.52. The molecule has 2 unspecified atom stereocenters. The third kappa shape index (κ3) is 5.34. The fourth-order valence-corrected chi connectivity index (χ4v) is 7.40. The highest BCUT2D eigenvalue weighted by atomic mass is 16.3. The number of hydrogen-bond donors (Lipinski definition) is 1. The number of fused-ring (bicyclic) bond motifs is 1. The van der Waals surface area contributed by atoms with Crippen LogP contribution < -0.4 is 5.56 Å². The van der Waals surface area contributed by atoms with E-state index in [4.69, 9.17) is 0 Å². The number of aryl methyl sites for hydroxylation is 1. The number of rotatable bonds is 6. The van der Waals surface area contributed by atoms with Gasteiger partial charge in [-0.25, -0.2) is 4.98 Å². The maximum atomic E-state index is 14.0. The minimum Gasteiger partial charge on any atom is -0.388 e. The molecule has 228 valence electrons. The van der Waals surface area contributed by atoms with Gasteiger partial charge >= 0.3 is 0 Å². The van der Waals surface area contributed by atoms with Crippen LogP contribution in [0.1, 0.15) is 48.6 Å². The fourth-order valence-electron chi connectivity index (χ4n) is 7.40. The number of carbonyl (C=O) groups is 2. The summed E-state index contributed by atoms with van der Waals surface area (Å²) in [4.78, 5) is 48.9. The molecule has 44 heavy (non-hydrogen) atoms. The molecule has 9 nitrogen and oxygen atoms in total. The van der Waals surface area contributed by atoms with Gasteiger partial charge in [-0.1, -0.05) is 60.7 Å². The highest BCUT2D eigenvalue weighted by Crippen LogP contribution is 2.49.